The molecule has 0 atom stereocenters. The smallest absolute Gasteiger partial charge is 0.271 e. The lowest BCUT2D eigenvalue weighted by Gasteiger charge is -2.08. The van der Waals surface area contributed by atoms with E-state index in [2.05, 4.69) is 15.8 Å². The first kappa shape index (κ1) is 23.1. The highest BCUT2D eigenvalue weighted by Crippen LogP contribution is 2.23. The van der Waals surface area contributed by atoms with Gasteiger partial charge in [0.05, 0.1) is 17.7 Å². The lowest BCUT2D eigenvalue weighted by molar-refractivity contribution is -0.384. The highest BCUT2D eigenvalue weighted by molar-refractivity contribution is 6.05. The van der Waals surface area contributed by atoms with E-state index in [4.69, 9.17) is 4.74 Å². The monoisotopic (exact) mass is 450 g/mol. The fourth-order valence-corrected chi connectivity index (χ4v) is 2.80. The Morgan fingerprint density at radius 1 is 1.06 bits per heavy atom. The number of nitrogens with zero attached hydrogens (tertiary/aromatic N) is 2. The Hall–Kier alpha value is -4.60. The van der Waals surface area contributed by atoms with Crippen LogP contribution >= 0.6 is 0 Å². The SMILES string of the molecule is CCOc1ccc([N+](=O)[O-])cc1C=NNC(=O)c1cccc(NC(=O)c2ccc(F)cc2)c1. The van der Waals surface area contributed by atoms with Crippen molar-refractivity contribution in [3.05, 3.63) is 99.4 Å². The van der Waals surface area contributed by atoms with Gasteiger partial charge in [-0.2, -0.15) is 5.10 Å². The Morgan fingerprint density at radius 3 is 2.52 bits per heavy atom. The molecule has 9 nitrogen and oxygen atoms in total. The molecule has 0 aliphatic rings. The van der Waals surface area contributed by atoms with E-state index >= 15 is 0 Å². The zero-order chi connectivity index (χ0) is 23.8. The van der Waals surface area contributed by atoms with Crippen LogP contribution in [0.4, 0.5) is 15.8 Å². The lowest BCUT2D eigenvalue weighted by Crippen LogP contribution is -2.18. The fraction of sp³-hybridized carbons (Fsp3) is 0.0870. The molecule has 0 aliphatic carbocycles. The summed E-state index contributed by atoms with van der Waals surface area (Å²) in [5.74, 6) is -1.09. The number of halogens is 1. The van der Waals surface area contributed by atoms with Gasteiger partial charge in [0.1, 0.15) is 11.6 Å². The van der Waals surface area contributed by atoms with Crippen molar-refractivity contribution in [1.82, 2.24) is 5.43 Å². The van der Waals surface area contributed by atoms with Crippen molar-refractivity contribution in [1.29, 1.82) is 0 Å². The third-order valence-electron chi connectivity index (χ3n) is 4.36. The summed E-state index contributed by atoms with van der Waals surface area (Å²) < 4.78 is 18.4. The van der Waals surface area contributed by atoms with E-state index in [9.17, 15) is 24.1 Å². The topological polar surface area (TPSA) is 123 Å². The molecule has 0 saturated heterocycles. The zero-order valence-electron chi connectivity index (χ0n) is 17.4. The Kier molecular flexibility index (Phi) is 7.43. The van der Waals surface area contributed by atoms with Gasteiger partial charge in [-0.15, -0.1) is 0 Å². The minimum atomic E-state index is -0.562. The molecule has 33 heavy (non-hydrogen) atoms. The van der Waals surface area contributed by atoms with Gasteiger partial charge in [0.15, 0.2) is 0 Å². The molecule has 168 valence electrons. The van der Waals surface area contributed by atoms with Crippen LogP contribution in [0.15, 0.2) is 71.8 Å². The average molecular weight is 450 g/mol. The quantitative estimate of drug-likeness (QED) is 0.303. The molecule has 2 N–H and O–H groups in total. The van der Waals surface area contributed by atoms with E-state index in [1.165, 1.54) is 60.8 Å². The summed E-state index contributed by atoms with van der Waals surface area (Å²) in [6, 6.07) is 15.2. The van der Waals surface area contributed by atoms with E-state index in [-0.39, 0.29) is 16.8 Å². The fourth-order valence-electron chi connectivity index (χ4n) is 2.80. The number of hydrazone groups is 1. The van der Waals surface area contributed by atoms with Crippen molar-refractivity contribution in [2.45, 2.75) is 6.92 Å². The van der Waals surface area contributed by atoms with Crippen LogP contribution in [-0.4, -0.2) is 29.6 Å². The van der Waals surface area contributed by atoms with Gasteiger partial charge in [0.25, 0.3) is 17.5 Å². The van der Waals surface area contributed by atoms with E-state index < -0.39 is 22.6 Å². The van der Waals surface area contributed by atoms with Crippen LogP contribution in [0.25, 0.3) is 0 Å². The Balaban J connectivity index is 1.69. The maximum absolute atomic E-state index is 13.0. The van der Waals surface area contributed by atoms with Crippen LogP contribution in [0.1, 0.15) is 33.2 Å². The van der Waals surface area contributed by atoms with E-state index in [1.807, 2.05) is 0 Å². The molecule has 3 aromatic carbocycles. The van der Waals surface area contributed by atoms with Crippen molar-refractivity contribution in [3.8, 4) is 5.75 Å². The third-order valence-corrected chi connectivity index (χ3v) is 4.36. The first-order chi connectivity index (χ1) is 15.9. The summed E-state index contributed by atoms with van der Waals surface area (Å²) in [7, 11) is 0. The highest BCUT2D eigenvalue weighted by atomic mass is 19.1. The van der Waals surface area contributed by atoms with Gasteiger partial charge in [-0.05, 0) is 55.5 Å². The van der Waals surface area contributed by atoms with Gasteiger partial charge >= 0.3 is 0 Å². The normalized spacial score (nSPS) is 10.6. The number of nitrogens with one attached hydrogen (secondary N) is 2. The highest BCUT2D eigenvalue weighted by Gasteiger charge is 2.12. The molecule has 3 aromatic rings. The van der Waals surface area contributed by atoms with Crippen LogP contribution < -0.4 is 15.5 Å². The maximum Gasteiger partial charge on any atom is 0.271 e. The summed E-state index contributed by atoms with van der Waals surface area (Å²) >= 11 is 0. The number of rotatable bonds is 8. The van der Waals surface area contributed by atoms with Crippen LogP contribution in [0.5, 0.6) is 5.75 Å². The van der Waals surface area contributed by atoms with Crippen LogP contribution in [0, 0.1) is 15.9 Å². The number of hydrogen-bond acceptors (Lipinski definition) is 6. The minimum absolute atomic E-state index is 0.143. The van der Waals surface area contributed by atoms with Gasteiger partial charge in [-0.1, -0.05) is 6.07 Å². The molecule has 0 aliphatic heterocycles. The predicted molar refractivity (Wildman–Crippen MR) is 120 cm³/mol. The van der Waals surface area contributed by atoms with Crippen LogP contribution in [-0.2, 0) is 0 Å². The second-order valence-corrected chi connectivity index (χ2v) is 6.65. The van der Waals surface area contributed by atoms with Gasteiger partial charge in [0, 0.05) is 34.5 Å². The summed E-state index contributed by atoms with van der Waals surface area (Å²) in [6.45, 7) is 2.12. The van der Waals surface area contributed by atoms with Crippen molar-refractivity contribution in [2.75, 3.05) is 11.9 Å². The maximum atomic E-state index is 13.0. The summed E-state index contributed by atoms with van der Waals surface area (Å²) in [5, 5.41) is 17.5. The number of anilines is 1. The molecule has 3 rings (SSSR count). The van der Waals surface area contributed by atoms with Crippen LogP contribution in [0.3, 0.4) is 0 Å². The molecule has 0 radical (unpaired) electrons. The number of hydrogen-bond donors (Lipinski definition) is 2. The summed E-state index contributed by atoms with van der Waals surface area (Å²) in [5.41, 5.74) is 3.35. The summed E-state index contributed by atoms with van der Waals surface area (Å²) in [6.07, 6.45) is 1.25. The number of ether oxygens (including phenoxy) is 1. The third kappa shape index (κ3) is 6.20. The molecule has 0 spiro atoms. The number of carbonyl (C=O) groups is 2. The molecule has 0 unspecified atom stereocenters. The molecule has 2 amide bonds. The number of nitro groups is 1. The second kappa shape index (κ2) is 10.6. The number of benzene rings is 3. The molecule has 0 heterocycles. The van der Waals surface area contributed by atoms with Gasteiger partial charge < -0.3 is 10.1 Å². The zero-order valence-corrected chi connectivity index (χ0v) is 17.4. The number of carbonyl (C=O) groups excluding carboxylic acids is 2. The van der Waals surface area contributed by atoms with Crippen LogP contribution in [0.2, 0.25) is 0 Å². The standard InChI is InChI=1S/C23H19FN4O5/c1-2-33-21-11-10-20(28(31)32)13-17(21)14-25-27-23(30)16-4-3-5-19(12-16)26-22(29)15-6-8-18(24)9-7-15/h3-14H,2H2,1H3,(H,26,29)(H,27,30). The lowest BCUT2D eigenvalue weighted by atomic mass is 10.1. The van der Waals surface area contributed by atoms with Crippen molar-refractivity contribution < 1.29 is 23.6 Å². The number of nitro benzene ring substituents is 1. The van der Waals surface area contributed by atoms with E-state index in [0.717, 1.165) is 0 Å². The molecular formula is C23H19FN4O5. The number of amides is 2. The average Bonchev–Trinajstić information content (AvgIpc) is 2.80. The van der Waals surface area contributed by atoms with Gasteiger partial charge in [0.2, 0.25) is 0 Å². The molecule has 0 saturated carbocycles. The minimum Gasteiger partial charge on any atom is -0.493 e. The molecule has 0 fully saturated rings. The second-order valence-electron chi connectivity index (χ2n) is 6.65. The molecular weight excluding hydrogens is 431 g/mol. The van der Waals surface area contributed by atoms with Crippen molar-refractivity contribution in [3.63, 3.8) is 0 Å². The molecule has 0 bridgehead atoms. The largest absolute Gasteiger partial charge is 0.493 e. The van der Waals surface area contributed by atoms with Gasteiger partial charge in [-0.25, -0.2) is 9.82 Å². The number of non-ortho nitro benzene ring substituents is 1. The Labute approximate surface area is 188 Å². The van der Waals surface area contributed by atoms with E-state index in [1.54, 1.807) is 19.1 Å². The predicted octanol–water partition coefficient (Wildman–Crippen LogP) is 4.15. The first-order valence-corrected chi connectivity index (χ1v) is 9.79. The van der Waals surface area contributed by atoms with E-state index in [0.29, 0.717) is 23.6 Å². The van der Waals surface area contributed by atoms with Crippen molar-refractivity contribution >= 4 is 29.4 Å². The molecule has 10 heteroatoms. The summed E-state index contributed by atoms with van der Waals surface area (Å²) in [4.78, 5) is 35.2. The molecule has 0 aromatic heterocycles. The van der Waals surface area contributed by atoms with Crippen molar-refractivity contribution in [2.24, 2.45) is 5.10 Å². The first-order valence-electron chi connectivity index (χ1n) is 9.79. The Morgan fingerprint density at radius 2 is 1.82 bits per heavy atom. The Bertz CT molecular complexity index is 1210. The van der Waals surface area contributed by atoms with Gasteiger partial charge in [-0.3, -0.25) is 19.7 Å².